The minimum absolute atomic E-state index is 0.343. The molecule has 0 unspecified atom stereocenters. The molecule has 1 aliphatic carbocycles. The number of aromatic nitrogens is 1. The molecule has 4 nitrogen and oxygen atoms in total. The van der Waals surface area contributed by atoms with E-state index < -0.39 is 0 Å². The highest BCUT2D eigenvalue weighted by Crippen LogP contribution is 2.36. The number of hydrogen-bond acceptors (Lipinski definition) is 4. The first-order chi connectivity index (χ1) is 12.4. The van der Waals surface area contributed by atoms with Crippen molar-refractivity contribution in [3.63, 3.8) is 0 Å². The van der Waals surface area contributed by atoms with Crippen molar-refractivity contribution in [2.45, 2.75) is 79.4 Å². The summed E-state index contributed by atoms with van der Waals surface area (Å²) >= 11 is 0. The van der Waals surface area contributed by atoms with Gasteiger partial charge in [-0.15, -0.1) is 0 Å². The molecule has 5 heteroatoms. The summed E-state index contributed by atoms with van der Waals surface area (Å²) in [7, 11) is -0.389. The van der Waals surface area contributed by atoms with Crippen LogP contribution < -0.4 is 10.2 Å². The highest BCUT2D eigenvalue weighted by molar-refractivity contribution is 6.62. The van der Waals surface area contributed by atoms with Crippen molar-refractivity contribution in [3.05, 3.63) is 42.3 Å². The lowest BCUT2D eigenvalue weighted by Crippen LogP contribution is -2.41. The number of pyridine rings is 1. The number of allylic oxidation sites excluding steroid dienone is 3. The quantitative estimate of drug-likeness (QED) is 0.709. The Labute approximate surface area is 159 Å². The first kappa shape index (κ1) is 22.5. The summed E-state index contributed by atoms with van der Waals surface area (Å²) in [6, 6.07) is 3.79. The van der Waals surface area contributed by atoms with Gasteiger partial charge in [0, 0.05) is 17.7 Å². The molecular weight excluding hydrogens is 325 g/mol. The zero-order valence-electron chi connectivity index (χ0n) is 17.6. The first-order valence-electron chi connectivity index (χ1n) is 9.73. The molecule has 0 spiro atoms. The normalized spacial score (nSPS) is 19.5. The van der Waals surface area contributed by atoms with Gasteiger partial charge in [-0.1, -0.05) is 39.8 Å². The summed E-state index contributed by atoms with van der Waals surface area (Å²) in [5.41, 5.74) is 0.217. The van der Waals surface area contributed by atoms with E-state index in [0.29, 0.717) is 5.88 Å². The lowest BCUT2D eigenvalue weighted by molar-refractivity contribution is 0.00578. The van der Waals surface area contributed by atoms with E-state index in [-0.39, 0.29) is 18.3 Å². The van der Waals surface area contributed by atoms with Gasteiger partial charge in [-0.3, -0.25) is 0 Å². The van der Waals surface area contributed by atoms with Crippen LogP contribution in [-0.4, -0.2) is 23.3 Å². The molecule has 0 atom stereocenters. The van der Waals surface area contributed by atoms with Crippen molar-refractivity contribution in [1.82, 2.24) is 4.98 Å². The second kappa shape index (κ2) is 9.93. The average molecular weight is 359 g/mol. The monoisotopic (exact) mass is 359 g/mol. The molecule has 1 aromatic rings. The van der Waals surface area contributed by atoms with Gasteiger partial charge in [0.25, 0.3) is 0 Å². The fourth-order valence-corrected chi connectivity index (χ4v) is 2.36. The van der Waals surface area contributed by atoms with E-state index in [2.05, 4.69) is 17.1 Å². The summed E-state index contributed by atoms with van der Waals surface area (Å²) in [6.45, 7) is 16.2. The van der Waals surface area contributed by atoms with Crippen LogP contribution in [0.4, 0.5) is 0 Å². The highest BCUT2D eigenvalue weighted by atomic mass is 16.7. The summed E-state index contributed by atoms with van der Waals surface area (Å²) < 4.78 is 17.8. The van der Waals surface area contributed by atoms with Crippen LogP contribution in [0.25, 0.3) is 0 Å². The molecule has 2 aliphatic rings. The molecule has 0 N–H and O–H groups in total. The molecule has 0 radical (unpaired) electrons. The van der Waals surface area contributed by atoms with Crippen molar-refractivity contribution in [2.75, 3.05) is 0 Å². The number of nitrogens with zero attached hydrogens (tertiary/aromatic N) is 1. The largest absolute Gasteiger partial charge is 0.496 e. The Balaban J connectivity index is 0.000000791. The van der Waals surface area contributed by atoms with E-state index >= 15 is 0 Å². The summed E-state index contributed by atoms with van der Waals surface area (Å²) in [6.07, 6.45) is 9.99. The zero-order chi connectivity index (χ0) is 19.8. The Hall–Kier alpha value is -1.59. The molecule has 2 heterocycles. The summed E-state index contributed by atoms with van der Waals surface area (Å²) in [5, 5.41) is 0. The third-order valence-electron chi connectivity index (χ3n) is 4.47. The Bertz CT molecular complexity index is 590. The van der Waals surface area contributed by atoms with Gasteiger partial charge in [0.05, 0.1) is 11.2 Å². The number of ether oxygens (including phenoxy) is 1. The van der Waals surface area contributed by atoms with Crippen LogP contribution in [0.2, 0.25) is 0 Å². The van der Waals surface area contributed by atoms with Crippen molar-refractivity contribution in [3.8, 4) is 5.88 Å². The Morgan fingerprint density at radius 1 is 0.962 bits per heavy atom. The van der Waals surface area contributed by atoms with E-state index in [4.69, 9.17) is 14.0 Å². The second-order valence-electron chi connectivity index (χ2n) is 6.71. The maximum absolute atomic E-state index is 6.01. The van der Waals surface area contributed by atoms with Gasteiger partial charge in [0.15, 0.2) is 0 Å². The molecule has 0 amide bonds. The van der Waals surface area contributed by atoms with Gasteiger partial charge in [0.1, 0.15) is 5.76 Å². The van der Waals surface area contributed by atoms with Gasteiger partial charge >= 0.3 is 7.12 Å². The van der Waals surface area contributed by atoms with Gasteiger partial charge in [0.2, 0.25) is 5.88 Å². The predicted molar refractivity (Wildman–Crippen MR) is 110 cm³/mol. The smallest absolute Gasteiger partial charge is 0.439 e. The second-order valence-corrected chi connectivity index (χ2v) is 6.71. The third-order valence-corrected chi connectivity index (χ3v) is 4.47. The molecule has 26 heavy (non-hydrogen) atoms. The number of rotatable bonds is 3. The van der Waals surface area contributed by atoms with E-state index in [0.717, 1.165) is 24.1 Å². The lowest BCUT2D eigenvalue weighted by Gasteiger charge is -2.32. The van der Waals surface area contributed by atoms with E-state index in [9.17, 15) is 0 Å². The average Bonchev–Trinajstić information content (AvgIpc) is 2.87. The van der Waals surface area contributed by atoms with Crippen molar-refractivity contribution in [2.24, 2.45) is 0 Å². The lowest BCUT2D eigenvalue weighted by atomic mass is 9.80. The molecule has 1 fully saturated rings. The van der Waals surface area contributed by atoms with Crippen LogP contribution in [0.1, 0.15) is 68.2 Å². The molecule has 1 saturated heterocycles. The third kappa shape index (κ3) is 5.45. The molecule has 1 aromatic heterocycles. The Morgan fingerprint density at radius 3 is 2.04 bits per heavy atom. The molecule has 0 bridgehead atoms. The zero-order valence-corrected chi connectivity index (χ0v) is 17.6. The fraction of sp³-hybridized carbons (Fsp3) is 0.571. The molecular formula is C21H34BNO3. The van der Waals surface area contributed by atoms with Crippen molar-refractivity contribution >= 4 is 12.6 Å². The first-order valence-corrected chi connectivity index (χ1v) is 9.73. The highest BCUT2D eigenvalue weighted by Gasteiger charge is 2.51. The maximum Gasteiger partial charge on any atom is 0.496 e. The SMILES string of the molecule is CC.CC.CC1(C)OB(c2ccc(OC3=CCCC=C3)nc2)OC1(C)C. The van der Waals surface area contributed by atoms with Crippen LogP contribution in [0.5, 0.6) is 5.88 Å². The van der Waals surface area contributed by atoms with Gasteiger partial charge < -0.3 is 14.0 Å². The van der Waals surface area contributed by atoms with E-state index in [1.54, 1.807) is 6.20 Å². The van der Waals surface area contributed by atoms with E-state index in [1.165, 1.54) is 0 Å². The predicted octanol–water partition coefficient (Wildman–Crippen LogP) is 5.05. The summed E-state index contributed by atoms with van der Waals surface area (Å²) in [5.74, 6) is 1.43. The topological polar surface area (TPSA) is 40.6 Å². The molecule has 3 rings (SSSR count). The van der Waals surface area contributed by atoms with Crippen LogP contribution in [0.3, 0.4) is 0 Å². The number of hydrogen-bond donors (Lipinski definition) is 0. The van der Waals surface area contributed by atoms with Crippen molar-refractivity contribution < 1.29 is 14.0 Å². The van der Waals surface area contributed by atoms with Crippen LogP contribution in [0.15, 0.2) is 42.3 Å². The van der Waals surface area contributed by atoms with E-state index in [1.807, 2.05) is 73.6 Å². The summed E-state index contributed by atoms with van der Waals surface area (Å²) in [4.78, 5) is 4.36. The fourth-order valence-electron chi connectivity index (χ4n) is 2.36. The van der Waals surface area contributed by atoms with Crippen molar-refractivity contribution in [1.29, 1.82) is 0 Å². The molecule has 0 saturated carbocycles. The molecule has 144 valence electrons. The standard InChI is InChI=1S/C17H22BNO3.2C2H6/c1-16(2)17(3,4)22-18(21-16)13-10-11-15(19-12-13)20-14-8-6-5-7-9-14;2*1-2/h6,8-12H,5,7H2,1-4H3;2*1-2H3. The maximum atomic E-state index is 6.01. The minimum atomic E-state index is -0.389. The van der Waals surface area contributed by atoms with Gasteiger partial charge in [-0.05, 0) is 52.7 Å². The van der Waals surface area contributed by atoms with Gasteiger partial charge in [-0.2, -0.15) is 0 Å². The molecule has 0 aromatic carbocycles. The Kier molecular flexibility index (Phi) is 8.58. The molecule has 1 aliphatic heterocycles. The van der Waals surface area contributed by atoms with Crippen LogP contribution >= 0.6 is 0 Å². The van der Waals surface area contributed by atoms with Gasteiger partial charge in [-0.25, -0.2) is 4.98 Å². The van der Waals surface area contributed by atoms with Crippen LogP contribution in [0, 0.1) is 0 Å². The van der Waals surface area contributed by atoms with Crippen LogP contribution in [-0.2, 0) is 9.31 Å². The Morgan fingerprint density at radius 2 is 1.58 bits per heavy atom. The minimum Gasteiger partial charge on any atom is -0.439 e.